The predicted octanol–water partition coefficient (Wildman–Crippen LogP) is 2.71. The summed E-state index contributed by atoms with van der Waals surface area (Å²) >= 11 is 0. The maximum atomic E-state index is 13.8. The monoisotopic (exact) mass is 223 g/mol. The van der Waals surface area contributed by atoms with Crippen LogP contribution in [0, 0.1) is 12.7 Å². The Morgan fingerprint density at radius 2 is 2.06 bits per heavy atom. The van der Waals surface area contributed by atoms with E-state index in [1.807, 2.05) is 0 Å². The van der Waals surface area contributed by atoms with Crippen molar-refractivity contribution < 1.29 is 13.9 Å². The third-order valence-electron chi connectivity index (χ3n) is 2.36. The summed E-state index contributed by atoms with van der Waals surface area (Å²) in [4.78, 5) is 13.9. The van der Waals surface area contributed by atoms with Gasteiger partial charge in [0.2, 0.25) is 6.08 Å². The minimum Gasteiger partial charge on any atom is -0.496 e. The van der Waals surface area contributed by atoms with Crippen molar-refractivity contribution in [3.63, 3.8) is 0 Å². The number of benzene rings is 1. The van der Waals surface area contributed by atoms with Crippen LogP contribution in [0.4, 0.5) is 4.39 Å². The van der Waals surface area contributed by atoms with Crippen molar-refractivity contribution in [2.45, 2.75) is 26.3 Å². The highest BCUT2D eigenvalue weighted by Gasteiger charge is 2.28. The number of isocyanates is 1. The Hall–Kier alpha value is -1.67. The first kappa shape index (κ1) is 12.4. The molecule has 0 bridgehead atoms. The fourth-order valence-electron chi connectivity index (χ4n) is 1.64. The Balaban J connectivity index is 3.48. The second-order valence-electron chi connectivity index (χ2n) is 4.09. The van der Waals surface area contributed by atoms with Crippen LogP contribution in [-0.4, -0.2) is 13.2 Å². The molecule has 0 aliphatic carbocycles. The van der Waals surface area contributed by atoms with Crippen LogP contribution < -0.4 is 4.74 Å². The Labute approximate surface area is 94.0 Å². The summed E-state index contributed by atoms with van der Waals surface area (Å²) in [6.45, 7) is 5.04. The van der Waals surface area contributed by atoms with Gasteiger partial charge in [0.1, 0.15) is 11.6 Å². The lowest BCUT2D eigenvalue weighted by Crippen LogP contribution is -2.17. The van der Waals surface area contributed by atoms with Crippen LogP contribution in [0.3, 0.4) is 0 Å². The molecule has 0 aliphatic rings. The summed E-state index contributed by atoms with van der Waals surface area (Å²) in [5, 5.41) is 0. The summed E-state index contributed by atoms with van der Waals surface area (Å²) in [7, 11) is 1.46. The van der Waals surface area contributed by atoms with Gasteiger partial charge in [0, 0.05) is 0 Å². The highest BCUT2D eigenvalue weighted by atomic mass is 19.1. The average Bonchev–Trinajstić information content (AvgIpc) is 2.15. The van der Waals surface area contributed by atoms with E-state index in [2.05, 4.69) is 4.99 Å². The lowest BCUT2D eigenvalue weighted by Gasteiger charge is -2.22. The van der Waals surface area contributed by atoms with Crippen molar-refractivity contribution in [3.05, 3.63) is 29.1 Å². The number of hydrogen-bond acceptors (Lipinski definition) is 3. The topological polar surface area (TPSA) is 38.7 Å². The van der Waals surface area contributed by atoms with E-state index in [4.69, 9.17) is 4.74 Å². The second-order valence-corrected chi connectivity index (χ2v) is 4.09. The molecule has 0 heterocycles. The number of rotatable bonds is 3. The number of hydrogen-bond donors (Lipinski definition) is 0. The second kappa shape index (κ2) is 4.45. The molecule has 0 N–H and O–H groups in total. The van der Waals surface area contributed by atoms with E-state index in [0.717, 1.165) is 5.56 Å². The molecule has 0 radical (unpaired) electrons. The molecule has 3 nitrogen and oxygen atoms in total. The van der Waals surface area contributed by atoms with Gasteiger partial charge in [0.25, 0.3) is 0 Å². The zero-order chi connectivity index (χ0) is 12.3. The summed E-state index contributed by atoms with van der Waals surface area (Å²) in [5.74, 6) is -0.0395. The lowest BCUT2D eigenvalue weighted by atomic mass is 9.92. The zero-order valence-electron chi connectivity index (χ0n) is 9.80. The van der Waals surface area contributed by atoms with E-state index in [9.17, 15) is 9.18 Å². The van der Waals surface area contributed by atoms with E-state index >= 15 is 0 Å². The fourth-order valence-corrected chi connectivity index (χ4v) is 1.64. The quantitative estimate of drug-likeness (QED) is 0.583. The van der Waals surface area contributed by atoms with Crippen molar-refractivity contribution in [2.24, 2.45) is 4.99 Å². The molecule has 0 amide bonds. The molecule has 0 spiro atoms. The van der Waals surface area contributed by atoms with Gasteiger partial charge in [0.05, 0.1) is 18.2 Å². The fraction of sp³-hybridized carbons (Fsp3) is 0.417. The molecule has 0 aliphatic heterocycles. The summed E-state index contributed by atoms with van der Waals surface area (Å²) in [5.41, 5.74) is 0.0400. The molecule has 0 saturated carbocycles. The van der Waals surface area contributed by atoms with Crippen molar-refractivity contribution in [2.75, 3.05) is 7.11 Å². The van der Waals surface area contributed by atoms with E-state index in [-0.39, 0.29) is 5.56 Å². The first-order valence-corrected chi connectivity index (χ1v) is 4.86. The molecule has 0 aromatic heterocycles. The van der Waals surface area contributed by atoms with Gasteiger partial charge in [0.15, 0.2) is 0 Å². The highest BCUT2D eigenvalue weighted by molar-refractivity contribution is 5.45. The molecule has 1 aromatic rings. The molecule has 4 heteroatoms. The molecule has 1 rings (SSSR count). The number of halogens is 1. The highest BCUT2D eigenvalue weighted by Crippen LogP contribution is 2.35. The molecular formula is C12H14FNO2. The van der Waals surface area contributed by atoms with E-state index in [0.29, 0.717) is 5.75 Å². The van der Waals surface area contributed by atoms with Crippen molar-refractivity contribution in [1.82, 2.24) is 0 Å². The van der Waals surface area contributed by atoms with Gasteiger partial charge < -0.3 is 4.74 Å². The van der Waals surface area contributed by atoms with Crippen molar-refractivity contribution in [3.8, 4) is 5.75 Å². The third kappa shape index (κ3) is 2.28. The standard InChI is InChI=1S/C12H14FNO2/c1-8-5-9(13)11(10(6-8)16-4)12(2,3)14-7-15/h5-6H,1-4H3. The number of nitrogens with zero attached hydrogens (tertiary/aromatic N) is 1. The molecule has 0 fully saturated rings. The predicted molar refractivity (Wildman–Crippen MR) is 58.8 cm³/mol. The van der Waals surface area contributed by atoms with Crippen LogP contribution in [-0.2, 0) is 10.3 Å². The van der Waals surface area contributed by atoms with Crippen molar-refractivity contribution in [1.29, 1.82) is 0 Å². The van der Waals surface area contributed by atoms with E-state index in [1.54, 1.807) is 26.8 Å². The molecular weight excluding hydrogens is 209 g/mol. The smallest absolute Gasteiger partial charge is 0.235 e. The number of aryl methyl sites for hydroxylation is 1. The zero-order valence-corrected chi connectivity index (χ0v) is 9.80. The van der Waals surface area contributed by atoms with Crippen LogP contribution in [0.5, 0.6) is 5.75 Å². The number of carbonyl (C=O) groups excluding carboxylic acids is 1. The normalized spacial score (nSPS) is 10.8. The van der Waals surface area contributed by atoms with Gasteiger partial charge in [-0.15, -0.1) is 0 Å². The maximum Gasteiger partial charge on any atom is 0.235 e. The van der Waals surface area contributed by atoms with Crippen LogP contribution in [0.25, 0.3) is 0 Å². The summed E-state index contributed by atoms with van der Waals surface area (Å²) in [6.07, 6.45) is 1.45. The third-order valence-corrected chi connectivity index (χ3v) is 2.36. The van der Waals surface area contributed by atoms with Gasteiger partial charge in [-0.3, -0.25) is 0 Å². The number of ether oxygens (including phenoxy) is 1. The number of methoxy groups -OCH3 is 1. The van der Waals surface area contributed by atoms with Gasteiger partial charge in [-0.2, -0.15) is 4.99 Å². The van der Waals surface area contributed by atoms with Crippen LogP contribution in [0.15, 0.2) is 17.1 Å². The van der Waals surface area contributed by atoms with Gasteiger partial charge in [-0.25, -0.2) is 9.18 Å². The van der Waals surface area contributed by atoms with Gasteiger partial charge in [-0.1, -0.05) is 0 Å². The Kier molecular flexibility index (Phi) is 3.45. The maximum absolute atomic E-state index is 13.8. The minimum absolute atomic E-state index is 0.268. The molecule has 86 valence electrons. The molecule has 1 aromatic carbocycles. The summed E-state index contributed by atoms with van der Waals surface area (Å²) < 4.78 is 19.0. The molecule has 0 saturated heterocycles. The largest absolute Gasteiger partial charge is 0.496 e. The van der Waals surface area contributed by atoms with E-state index in [1.165, 1.54) is 19.3 Å². The first-order chi connectivity index (χ1) is 7.42. The van der Waals surface area contributed by atoms with Crippen LogP contribution in [0.2, 0.25) is 0 Å². The van der Waals surface area contributed by atoms with Crippen LogP contribution in [0.1, 0.15) is 25.0 Å². The van der Waals surface area contributed by atoms with E-state index < -0.39 is 11.4 Å². The molecule has 16 heavy (non-hydrogen) atoms. The Morgan fingerprint density at radius 1 is 1.44 bits per heavy atom. The Bertz CT molecular complexity index is 449. The minimum atomic E-state index is -0.981. The van der Waals surface area contributed by atoms with Crippen molar-refractivity contribution >= 4 is 6.08 Å². The number of aliphatic imine (C=N–C) groups is 1. The summed E-state index contributed by atoms with van der Waals surface area (Å²) in [6, 6.07) is 3.10. The molecule has 0 atom stereocenters. The Morgan fingerprint density at radius 3 is 2.56 bits per heavy atom. The average molecular weight is 223 g/mol. The lowest BCUT2D eigenvalue weighted by molar-refractivity contribution is 0.383. The van der Waals surface area contributed by atoms with Gasteiger partial charge >= 0.3 is 0 Å². The molecule has 0 unspecified atom stereocenters. The van der Waals surface area contributed by atoms with Crippen LogP contribution >= 0.6 is 0 Å². The SMILES string of the molecule is COc1cc(C)cc(F)c1C(C)(C)N=C=O. The first-order valence-electron chi connectivity index (χ1n) is 4.86. The van der Waals surface area contributed by atoms with Gasteiger partial charge in [-0.05, 0) is 38.5 Å².